The van der Waals surface area contributed by atoms with E-state index in [1.54, 1.807) is 17.4 Å². The number of hydrogen-bond acceptors (Lipinski definition) is 3. The van der Waals surface area contributed by atoms with Gasteiger partial charge in [0, 0.05) is 32.5 Å². The first-order valence-corrected chi connectivity index (χ1v) is 7.01. The normalized spacial score (nSPS) is 17.6. The number of aliphatic hydroxyl groups is 1. The molecule has 0 spiro atoms. The monoisotopic (exact) mass is 265 g/mol. The number of amides is 1. The van der Waals surface area contributed by atoms with E-state index in [-0.39, 0.29) is 12.3 Å². The fourth-order valence-corrected chi connectivity index (χ4v) is 2.66. The second kappa shape index (κ2) is 6.19. The quantitative estimate of drug-likeness (QED) is 0.846. The standard InChI is InChI=1S/C14H23N3O2/c1-16(8-4-9-17-10-7-15-12-17)13(18)11-14(19)5-2-3-6-14/h7,10,12,19H,2-6,8-9,11H2,1H3. The Morgan fingerprint density at radius 2 is 2.21 bits per heavy atom. The van der Waals surface area contributed by atoms with E-state index in [1.807, 2.05) is 17.8 Å². The Kier molecular flexibility index (Phi) is 4.58. The number of hydrogen-bond donors (Lipinski definition) is 1. The van der Waals surface area contributed by atoms with Crippen LogP contribution in [-0.4, -0.2) is 44.7 Å². The molecule has 1 N–H and O–H groups in total. The molecule has 1 aliphatic rings. The van der Waals surface area contributed by atoms with Crippen molar-refractivity contribution in [2.45, 2.75) is 50.7 Å². The maximum Gasteiger partial charge on any atom is 0.225 e. The number of carbonyl (C=O) groups is 1. The highest BCUT2D eigenvalue weighted by molar-refractivity contribution is 5.77. The Morgan fingerprint density at radius 1 is 1.47 bits per heavy atom. The Balaban J connectivity index is 1.70. The van der Waals surface area contributed by atoms with E-state index in [2.05, 4.69) is 4.98 Å². The first-order chi connectivity index (χ1) is 9.09. The topological polar surface area (TPSA) is 58.4 Å². The van der Waals surface area contributed by atoms with Gasteiger partial charge in [0.15, 0.2) is 0 Å². The Hall–Kier alpha value is -1.36. The van der Waals surface area contributed by atoms with Crippen LogP contribution in [0.3, 0.4) is 0 Å². The molecule has 1 aliphatic carbocycles. The summed E-state index contributed by atoms with van der Waals surface area (Å²) < 4.78 is 2.00. The van der Waals surface area contributed by atoms with E-state index < -0.39 is 5.60 Å². The van der Waals surface area contributed by atoms with Crippen LogP contribution < -0.4 is 0 Å². The molecule has 1 aromatic heterocycles. The Labute approximate surface area is 114 Å². The molecule has 0 unspecified atom stereocenters. The van der Waals surface area contributed by atoms with Crippen molar-refractivity contribution in [3.05, 3.63) is 18.7 Å². The van der Waals surface area contributed by atoms with Gasteiger partial charge in [0.05, 0.1) is 18.3 Å². The zero-order chi connectivity index (χ0) is 13.7. The summed E-state index contributed by atoms with van der Waals surface area (Å²) in [6, 6.07) is 0. The predicted octanol–water partition coefficient (Wildman–Crippen LogP) is 1.43. The highest BCUT2D eigenvalue weighted by Crippen LogP contribution is 2.32. The predicted molar refractivity (Wildman–Crippen MR) is 72.5 cm³/mol. The van der Waals surface area contributed by atoms with Gasteiger partial charge in [-0.25, -0.2) is 4.98 Å². The van der Waals surface area contributed by atoms with Gasteiger partial charge in [-0.3, -0.25) is 4.79 Å². The van der Waals surface area contributed by atoms with Crippen molar-refractivity contribution in [2.75, 3.05) is 13.6 Å². The number of rotatable bonds is 6. The summed E-state index contributed by atoms with van der Waals surface area (Å²) in [7, 11) is 1.81. The molecule has 0 atom stereocenters. The Morgan fingerprint density at radius 3 is 2.84 bits per heavy atom. The van der Waals surface area contributed by atoms with Gasteiger partial charge in [-0.1, -0.05) is 12.8 Å². The molecular formula is C14H23N3O2. The van der Waals surface area contributed by atoms with E-state index in [1.165, 1.54) is 0 Å². The largest absolute Gasteiger partial charge is 0.389 e. The van der Waals surface area contributed by atoms with Crippen molar-refractivity contribution >= 4 is 5.91 Å². The minimum absolute atomic E-state index is 0.0510. The lowest BCUT2D eigenvalue weighted by Crippen LogP contribution is -2.36. The maximum atomic E-state index is 12.0. The van der Waals surface area contributed by atoms with Crippen LogP contribution in [0.4, 0.5) is 0 Å². The lowest BCUT2D eigenvalue weighted by atomic mass is 9.97. The number of nitrogens with zero attached hydrogens (tertiary/aromatic N) is 3. The molecule has 1 aromatic rings. The average molecular weight is 265 g/mol. The molecule has 5 heteroatoms. The van der Waals surface area contributed by atoms with Gasteiger partial charge in [0.2, 0.25) is 5.91 Å². The van der Waals surface area contributed by atoms with E-state index in [4.69, 9.17) is 0 Å². The smallest absolute Gasteiger partial charge is 0.225 e. The Bertz CT molecular complexity index is 397. The molecule has 5 nitrogen and oxygen atoms in total. The summed E-state index contributed by atoms with van der Waals surface area (Å²) in [5.41, 5.74) is -0.740. The number of aromatic nitrogens is 2. The minimum Gasteiger partial charge on any atom is -0.389 e. The fourth-order valence-electron chi connectivity index (χ4n) is 2.66. The van der Waals surface area contributed by atoms with Crippen LogP contribution in [0.25, 0.3) is 0 Å². The third kappa shape index (κ3) is 4.06. The van der Waals surface area contributed by atoms with Crippen molar-refractivity contribution in [3.8, 4) is 0 Å². The second-order valence-electron chi connectivity index (χ2n) is 5.58. The molecule has 0 bridgehead atoms. The summed E-state index contributed by atoms with van der Waals surface area (Å²) in [6.07, 6.45) is 10.2. The van der Waals surface area contributed by atoms with Crippen LogP contribution in [0.15, 0.2) is 18.7 Å². The van der Waals surface area contributed by atoms with Crippen molar-refractivity contribution in [1.82, 2.24) is 14.5 Å². The number of imidazole rings is 1. The molecule has 0 saturated heterocycles. The summed E-state index contributed by atoms with van der Waals surface area (Å²) in [6.45, 7) is 1.58. The van der Waals surface area contributed by atoms with Crippen LogP contribution in [0, 0.1) is 0 Å². The summed E-state index contributed by atoms with van der Waals surface area (Å²) >= 11 is 0. The highest BCUT2D eigenvalue weighted by atomic mass is 16.3. The van der Waals surface area contributed by atoms with Gasteiger partial charge in [-0.05, 0) is 19.3 Å². The van der Waals surface area contributed by atoms with Crippen LogP contribution in [0.2, 0.25) is 0 Å². The molecule has 0 radical (unpaired) electrons. The van der Waals surface area contributed by atoms with Gasteiger partial charge in [-0.15, -0.1) is 0 Å². The molecule has 1 amide bonds. The van der Waals surface area contributed by atoms with Crippen LogP contribution in [0.5, 0.6) is 0 Å². The lowest BCUT2D eigenvalue weighted by molar-refractivity contribution is -0.135. The number of aryl methyl sites for hydroxylation is 1. The van der Waals surface area contributed by atoms with Gasteiger partial charge in [0.1, 0.15) is 0 Å². The highest BCUT2D eigenvalue weighted by Gasteiger charge is 2.34. The van der Waals surface area contributed by atoms with E-state index in [0.29, 0.717) is 6.54 Å². The van der Waals surface area contributed by atoms with Gasteiger partial charge < -0.3 is 14.6 Å². The van der Waals surface area contributed by atoms with Crippen LogP contribution in [-0.2, 0) is 11.3 Å². The molecule has 106 valence electrons. The molecule has 0 aliphatic heterocycles. The lowest BCUT2D eigenvalue weighted by Gasteiger charge is -2.25. The molecule has 1 saturated carbocycles. The summed E-state index contributed by atoms with van der Waals surface area (Å²) in [4.78, 5) is 17.8. The zero-order valence-corrected chi connectivity index (χ0v) is 11.6. The van der Waals surface area contributed by atoms with Crippen molar-refractivity contribution < 1.29 is 9.90 Å². The van der Waals surface area contributed by atoms with E-state index >= 15 is 0 Å². The van der Waals surface area contributed by atoms with Crippen LogP contribution in [0.1, 0.15) is 38.5 Å². The molecule has 1 fully saturated rings. The molecular weight excluding hydrogens is 242 g/mol. The summed E-state index contributed by atoms with van der Waals surface area (Å²) in [5.74, 6) is 0.0510. The van der Waals surface area contributed by atoms with E-state index in [9.17, 15) is 9.90 Å². The average Bonchev–Trinajstić information content (AvgIpc) is 3.01. The van der Waals surface area contributed by atoms with Gasteiger partial charge in [-0.2, -0.15) is 0 Å². The molecule has 1 heterocycles. The van der Waals surface area contributed by atoms with Crippen molar-refractivity contribution in [2.24, 2.45) is 0 Å². The van der Waals surface area contributed by atoms with Crippen LogP contribution >= 0.6 is 0 Å². The fraction of sp³-hybridized carbons (Fsp3) is 0.714. The number of carbonyl (C=O) groups excluding carboxylic acids is 1. The molecule has 0 aromatic carbocycles. The van der Waals surface area contributed by atoms with Crippen molar-refractivity contribution in [1.29, 1.82) is 0 Å². The second-order valence-corrected chi connectivity index (χ2v) is 5.58. The third-order valence-electron chi connectivity index (χ3n) is 3.91. The van der Waals surface area contributed by atoms with Crippen molar-refractivity contribution in [3.63, 3.8) is 0 Å². The SMILES string of the molecule is CN(CCCn1ccnc1)C(=O)CC1(O)CCCC1. The molecule has 19 heavy (non-hydrogen) atoms. The first kappa shape index (κ1) is 14.1. The van der Waals surface area contributed by atoms with Gasteiger partial charge in [0.25, 0.3) is 0 Å². The first-order valence-electron chi connectivity index (χ1n) is 7.01. The van der Waals surface area contributed by atoms with E-state index in [0.717, 1.165) is 38.6 Å². The summed E-state index contributed by atoms with van der Waals surface area (Å²) in [5, 5.41) is 10.2. The molecule has 2 rings (SSSR count). The zero-order valence-electron chi connectivity index (χ0n) is 11.6. The third-order valence-corrected chi connectivity index (χ3v) is 3.91. The maximum absolute atomic E-state index is 12.0. The minimum atomic E-state index is -0.740. The van der Waals surface area contributed by atoms with Gasteiger partial charge >= 0.3 is 0 Å².